The molecule has 0 radical (unpaired) electrons. The Morgan fingerprint density at radius 3 is 2.50 bits per heavy atom. The van der Waals surface area contributed by atoms with Crippen molar-refractivity contribution in [3.8, 4) is 0 Å². The maximum atomic E-state index is 4.32. The quantitative estimate of drug-likeness (QED) is 0.247. The molecule has 7 heteroatoms. The number of thioether (sulfide) groups is 1. The molecule has 0 bridgehead atoms. The van der Waals surface area contributed by atoms with Crippen molar-refractivity contribution in [1.82, 2.24) is 20.4 Å². The summed E-state index contributed by atoms with van der Waals surface area (Å²) < 4.78 is 0. The molecule has 0 aromatic carbocycles. The number of hydrogen-bond acceptors (Lipinski definition) is 4. The Kier molecular flexibility index (Phi) is 12.5. The van der Waals surface area contributed by atoms with Gasteiger partial charge < -0.3 is 20.4 Å². The van der Waals surface area contributed by atoms with Gasteiger partial charge in [0.05, 0.1) is 0 Å². The largest absolute Gasteiger partial charge is 0.356 e. The standard InChI is InChI=1S/C17H35N5S.HI/c1-3-21-10-12-22(13-11-21)9-5-4-8-19-17(18-2)20-15-16-7-6-14-23-16;/h16H,3-15H2,1-2H3,(H2,18,19,20);1H. The second kappa shape index (κ2) is 13.5. The molecule has 0 aromatic rings. The van der Waals surface area contributed by atoms with E-state index in [0.29, 0.717) is 0 Å². The first-order chi connectivity index (χ1) is 11.3. The lowest BCUT2D eigenvalue weighted by molar-refractivity contribution is 0.136. The van der Waals surface area contributed by atoms with Crippen LogP contribution < -0.4 is 10.6 Å². The Balaban J connectivity index is 0.00000288. The third-order valence-electron chi connectivity index (χ3n) is 4.85. The van der Waals surface area contributed by atoms with Crippen LogP contribution in [0.15, 0.2) is 4.99 Å². The fourth-order valence-electron chi connectivity index (χ4n) is 3.23. The number of piperazine rings is 1. The third-order valence-corrected chi connectivity index (χ3v) is 6.25. The van der Waals surface area contributed by atoms with Crippen molar-refractivity contribution in [2.75, 3.05) is 65.2 Å². The first-order valence-electron chi connectivity index (χ1n) is 9.32. The molecule has 2 heterocycles. The molecular weight excluding hydrogens is 433 g/mol. The highest BCUT2D eigenvalue weighted by Gasteiger charge is 2.16. The zero-order chi connectivity index (χ0) is 16.3. The molecule has 0 spiro atoms. The van der Waals surface area contributed by atoms with Gasteiger partial charge in [0.1, 0.15) is 0 Å². The van der Waals surface area contributed by atoms with Crippen LogP contribution in [0.4, 0.5) is 0 Å². The van der Waals surface area contributed by atoms with Crippen LogP contribution in [0.25, 0.3) is 0 Å². The molecule has 2 rings (SSSR count). The van der Waals surface area contributed by atoms with E-state index in [1.54, 1.807) is 0 Å². The number of nitrogens with one attached hydrogen (secondary N) is 2. The lowest BCUT2D eigenvalue weighted by Gasteiger charge is -2.34. The van der Waals surface area contributed by atoms with Crippen LogP contribution in [0.2, 0.25) is 0 Å². The van der Waals surface area contributed by atoms with Gasteiger partial charge in [-0.05, 0) is 44.5 Å². The predicted molar refractivity (Wildman–Crippen MR) is 118 cm³/mol. The molecular formula is C17H36IN5S. The lowest BCUT2D eigenvalue weighted by Crippen LogP contribution is -2.46. The van der Waals surface area contributed by atoms with E-state index in [2.05, 4.69) is 44.1 Å². The SMILES string of the molecule is CCN1CCN(CCCCNC(=NC)NCC2CCCS2)CC1.I. The Labute approximate surface area is 169 Å². The summed E-state index contributed by atoms with van der Waals surface area (Å²) in [6.07, 6.45) is 5.21. The minimum atomic E-state index is 0. The van der Waals surface area contributed by atoms with Gasteiger partial charge in [0.15, 0.2) is 5.96 Å². The number of aliphatic imine (C=N–C) groups is 1. The molecule has 1 atom stereocenters. The normalized spacial score (nSPS) is 23.1. The van der Waals surface area contributed by atoms with Crippen molar-refractivity contribution in [3.05, 3.63) is 0 Å². The van der Waals surface area contributed by atoms with Crippen LogP contribution >= 0.6 is 35.7 Å². The highest BCUT2D eigenvalue weighted by atomic mass is 127. The van der Waals surface area contributed by atoms with E-state index in [1.807, 2.05) is 7.05 Å². The van der Waals surface area contributed by atoms with E-state index in [9.17, 15) is 0 Å². The fraction of sp³-hybridized carbons (Fsp3) is 0.941. The molecule has 24 heavy (non-hydrogen) atoms. The molecule has 0 amide bonds. The van der Waals surface area contributed by atoms with Gasteiger partial charge in [-0.15, -0.1) is 24.0 Å². The van der Waals surface area contributed by atoms with Crippen molar-refractivity contribution in [2.45, 2.75) is 37.9 Å². The molecule has 142 valence electrons. The summed E-state index contributed by atoms with van der Waals surface area (Å²) in [4.78, 5) is 9.47. The maximum Gasteiger partial charge on any atom is 0.191 e. The van der Waals surface area contributed by atoms with E-state index >= 15 is 0 Å². The lowest BCUT2D eigenvalue weighted by atomic mass is 10.2. The minimum absolute atomic E-state index is 0. The summed E-state index contributed by atoms with van der Waals surface area (Å²) >= 11 is 2.09. The topological polar surface area (TPSA) is 42.9 Å². The molecule has 0 aromatic heterocycles. The number of unbranched alkanes of at least 4 members (excludes halogenated alkanes) is 1. The van der Waals surface area contributed by atoms with E-state index in [-0.39, 0.29) is 24.0 Å². The van der Waals surface area contributed by atoms with Crippen molar-refractivity contribution < 1.29 is 0 Å². The Morgan fingerprint density at radius 2 is 1.88 bits per heavy atom. The molecule has 2 aliphatic heterocycles. The number of halogens is 1. The average Bonchev–Trinajstić information content (AvgIpc) is 3.11. The van der Waals surface area contributed by atoms with Crippen molar-refractivity contribution >= 4 is 41.7 Å². The predicted octanol–water partition coefficient (Wildman–Crippen LogP) is 2.08. The number of guanidine groups is 1. The van der Waals surface area contributed by atoms with Gasteiger partial charge in [0.25, 0.3) is 0 Å². The molecule has 2 saturated heterocycles. The van der Waals surface area contributed by atoms with E-state index in [1.165, 1.54) is 70.7 Å². The number of rotatable bonds is 8. The van der Waals surface area contributed by atoms with Crippen LogP contribution in [-0.4, -0.2) is 86.2 Å². The van der Waals surface area contributed by atoms with E-state index in [4.69, 9.17) is 0 Å². The Morgan fingerprint density at radius 1 is 1.12 bits per heavy atom. The van der Waals surface area contributed by atoms with Crippen molar-refractivity contribution in [1.29, 1.82) is 0 Å². The molecule has 2 N–H and O–H groups in total. The molecule has 1 unspecified atom stereocenters. The molecule has 2 fully saturated rings. The van der Waals surface area contributed by atoms with Crippen LogP contribution in [0, 0.1) is 0 Å². The van der Waals surface area contributed by atoms with Crippen LogP contribution in [0.3, 0.4) is 0 Å². The Bertz CT molecular complexity index is 342. The molecule has 0 saturated carbocycles. The zero-order valence-electron chi connectivity index (χ0n) is 15.4. The summed E-state index contributed by atoms with van der Waals surface area (Å²) in [6, 6.07) is 0. The summed E-state index contributed by atoms with van der Waals surface area (Å²) in [5.74, 6) is 2.29. The zero-order valence-corrected chi connectivity index (χ0v) is 18.6. The van der Waals surface area contributed by atoms with E-state index < -0.39 is 0 Å². The first kappa shape index (κ1) is 22.3. The molecule has 5 nitrogen and oxygen atoms in total. The summed E-state index contributed by atoms with van der Waals surface area (Å²) in [6.45, 7) is 11.7. The second-order valence-corrected chi connectivity index (χ2v) is 7.91. The summed E-state index contributed by atoms with van der Waals surface area (Å²) in [5, 5.41) is 7.69. The Hall–Kier alpha value is 0.270. The van der Waals surface area contributed by atoms with Gasteiger partial charge in [0.2, 0.25) is 0 Å². The highest BCUT2D eigenvalue weighted by Crippen LogP contribution is 2.25. The monoisotopic (exact) mass is 469 g/mol. The number of hydrogen-bond donors (Lipinski definition) is 2. The average molecular weight is 469 g/mol. The first-order valence-corrected chi connectivity index (χ1v) is 10.4. The van der Waals surface area contributed by atoms with Gasteiger partial charge in [-0.1, -0.05) is 6.92 Å². The van der Waals surface area contributed by atoms with E-state index in [0.717, 1.165) is 24.3 Å². The molecule has 0 aliphatic carbocycles. The fourth-order valence-corrected chi connectivity index (χ4v) is 4.43. The highest BCUT2D eigenvalue weighted by molar-refractivity contribution is 14.0. The second-order valence-electron chi connectivity index (χ2n) is 6.50. The molecule has 2 aliphatic rings. The van der Waals surface area contributed by atoms with Crippen molar-refractivity contribution in [3.63, 3.8) is 0 Å². The summed E-state index contributed by atoms with van der Waals surface area (Å²) in [7, 11) is 1.87. The number of nitrogens with zero attached hydrogens (tertiary/aromatic N) is 3. The van der Waals surface area contributed by atoms with Gasteiger partial charge in [-0.3, -0.25) is 4.99 Å². The van der Waals surface area contributed by atoms with Crippen LogP contribution in [0.1, 0.15) is 32.6 Å². The number of likely N-dealkylation sites (N-methyl/N-ethyl adjacent to an activating group) is 1. The summed E-state index contributed by atoms with van der Waals surface area (Å²) in [5.41, 5.74) is 0. The third kappa shape index (κ3) is 8.58. The van der Waals surface area contributed by atoms with Gasteiger partial charge in [0, 0.05) is 51.6 Å². The van der Waals surface area contributed by atoms with Gasteiger partial charge >= 0.3 is 0 Å². The van der Waals surface area contributed by atoms with Gasteiger partial charge in [-0.2, -0.15) is 11.8 Å². The maximum absolute atomic E-state index is 4.32. The van der Waals surface area contributed by atoms with Crippen LogP contribution in [0.5, 0.6) is 0 Å². The van der Waals surface area contributed by atoms with Crippen LogP contribution in [-0.2, 0) is 0 Å². The van der Waals surface area contributed by atoms with Crippen molar-refractivity contribution in [2.24, 2.45) is 4.99 Å². The smallest absolute Gasteiger partial charge is 0.191 e. The minimum Gasteiger partial charge on any atom is -0.356 e. The van der Waals surface area contributed by atoms with Gasteiger partial charge in [-0.25, -0.2) is 0 Å².